The van der Waals surface area contributed by atoms with E-state index in [1.807, 2.05) is 0 Å². The minimum atomic E-state index is -0.998. The van der Waals surface area contributed by atoms with E-state index < -0.39 is 5.97 Å². The fourth-order valence-electron chi connectivity index (χ4n) is 1.18. The fourth-order valence-corrected chi connectivity index (χ4v) is 1.18. The predicted octanol–water partition coefficient (Wildman–Crippen LogP) is 2.49. The molecule has 0 aliphatic rings. The zero-order valence-electron chi connectivity index (χ0n) is 9.77. The molecule has 0 radical (unpaired) electrons. The van der Waals surface area contributed by atoms with Gasteiger partial charge in [-0.15, -0.1) is 0 Å². The number of para-hydroxylation sites is 1. The van der Waals surface area contributed by atoms with Crippen molar-refractivity contribution >= 4 is 18.0 Å². The molecule has 0 fully saturated rings. The third-order valence-electron chi connectivity index (χ3n) is 2.14. The summed E-state index contributed by atoms with van der Waals surface area (Å²) in [6, 6.07) is 6.81. The molecule has 0 amide bonds. The van der Waals surface area contributed by atoms with Crippen LogP contribution in [0.3, 0.4) is 0 Å². The Morgan fingerprint density at radius 1 is 1.35 bits per heavy atom. The van der Waals surface area contributed by atoms with E-state index in [0.29, 0.717) is 11.3 Å². The molecule has 0 bridgehead atoms. The molecule has 1 N–H and O–H groups in total. The summed E-state index contributed by atoms with van der Waals surface area (Å²) in [4.78, 5) is 21.9. The summed E-state index contributed by atoms with van der Waals surface area (Å²) in [6.07, 6.45) is 1.75. The minimum absolute atomic E-state index is 0.185. The van der Waals surface area contributed by atoms with Crippen LogP contribution < -0.4 is 4.74 Å². The van der Waals surface area contributed by atoms with Gasteiger partial charge in [-0.2, -0.15) is 0 Å². The van der Waals surface area contributed by atoms with Crippen LogP contribution in [0.2, 0.25) is 0 Å². The Bertz CT molecular complexity index is 460. The predicted molar refractivity (Wildman–Crippen MR) is 63.7 cm³/mol. The number of carbonyl (C=O) groups excluding carboxylic acids is 1. The lowest BCUT2D eigenvalue weighted by atomic mass is 10.1. The van der Waals surface area contributed by atoms with Gasteiger partial charge >= 0.3 is 11.9 Å². The maximum Gasteiger partial charge on any atom is 0.331 e. The van der Waals surface area contributed by atoms with Crippen LogP contribution in [0.25, 0.3) is 6.08 Å². The molecule has 0 spiro atoms. The van der Waals surface area contributed by atoms with Crippen LogP contribution in [0.15, 0.2) is 29.8 Å². The van der Waals surface area contributed by atoms with Crippen LogP contribution in [0.5, 0.6) is 5.75 Å². The van der Waals surface area contributed by atoms with Crippen molar-refractivity contribution in [3.05, 3.63) is 35.4 Å². The molecule has 0 saturated carbocycles. The van der Waals surface area contributed by atoms with Gasteiger partial charge in [-0.1, -0.05) is 25.1 Å². The molecule has 0 saturated heterocycles. The highest BCUT2D eigenvalue weighted by atomic mass is 16.5. The van der Waals surface area contributed by atoms with E-state index in [1.54, 1.807) is 31.2 Å². The van der Waals surface area contributed by atoms with Gasteiger partial charge in [0.25, 0.3) is 0 Å². The Balaban J connectivity index is 3.04. The Morgan fingerprint density at radius 3 is 2.59 bits per heavy atom. The standard InChI is InChI=1S/C13H14O4/c1-3-12(14)17-11-7-5-4-6-10(11)8-9(2)13(15)16/h4-8H,3H2,1-2H3,(H,15,16). The van der Waals surface area contributed by atoms with Gasteiger partial charge in [-0.25, -0.2) is 4.79 Å². The Morgan fingerprint density at radius 2 is 2.00 bits per heavy atom. The van der Waals surface area contributed by atoms with Crippen LogP contribution >= 0.6 is 0 Å². The highest BCUT2D eigenvalue weighted by Crippen LogP contribution is 2.21. The lowest BCUT2D eigenvalue weighted by Crippen LogP contribution is -2.06. The van der Waals surface area contributed by atoms with Gasteiger partial charge in [0.15, 0.2) is 0 Å². The third kappa shape index (κ3) is 3.75. The van der Waals surface area contributed by atoms with E-state index in [0.717, 1.165) is 0 Å². The van der Waals surface area contributed by atoms with Crippen molar-refractivity contribution in [3.8, 4) is 5.75 Å². The van der Waals surface area contributed by atoms with Gasteiger partial charge < -0.3 is 9.84 Å². The van der Waals surface area contributed by atoms with Crippen molar-refractivity contribution < 1.29 is 19.4 Å². The minimum Gasteiger partial charge on any atom is -0.478 e. The molecule has 0 aliphatic heterocycles. The molecule has 1 rings (SSSR count). The number of rotatable bonds is 4. The van der Waals surface area contributed by atoms with Gasteiger partial charge in [0.05, 0.1) is 0 Å². The largest absolute Gasteiger partial charge is 0.478 e. The molecule has 0 heterocycles. The van der Waals surface area contributed by atoms with Gasteiger partial charge in [-0.3, -0.25) is 4.79 Å². The average molecular weight is 234 g/mol. The molecule has 1 aromatic rings. The first kappa shape index (κ1) is 13.0. The summed E-state index contributed by atoms with van der Waals surface area (Å²) in [5.41, 5.74) is 0.763. The molecule has 17 heavy (non-hydrogen) atoms. The molecule has 4 heteroatoms. The van der Waals surface area contributed by atoms with E-state index in [4.69, 9.17) is 9.84 Å². The molecular weight excluding hydrogens is 220 g/mol. The Kier molecular flexibility index (Phi) is 4.46. The SMILES string of the molecule is CCC(=O)Oc1ccccc1C=C(C)C(=O)O. The van der Waals surface area contributed by atoms with Crippen LogP contribution in [-0.4, -0.2) is 17.0 Å². The van der Waals surface area contributed by atoms with Crippen molar-refractivity contribution in [2.45, 2.75) is 20.3 Å². The van der Waals surface area contributed by atoms with Crippen molar-refractivity contribution in [2.24, 2.45) is 0 Å². The topological polar surface area (TPSA) is 63.6 Å². The van der Waals surface area contributed by atoms with E-state index >= 15 is 0 Å². The van der Waals surface area contributed by atoms with Crippen molar-refractivity contribution in [1.29, 1.82) is 0 Å². The second-order valence-electron chi connectivity index (χ2n) is 3.50. The molecule has 0 aromatic heterocycles. The lowest BCUT2D eigenvalue weighted by Gasteiger charge is -2.06. The van der Waals surface area contributed by atoms with Gasteiger partial charge in [0.2, 0.25) is 0 Å². The monoisotopic (exact) mass is 234 g/mol. The summed E-state index contributed by atoms with van der Waals surface area (Å²) >= 11 is 0. The first-order valence-electron chi connectivity index (χ1n) is 5.26. The molecule has 0 aliphatic carbocycles. The Hall–Kier alpha value is -2.10. The molecule has 90 valence electrons. The summed E-state index contributed by atoms with van der Waals surface area (Å²) in [6.45, 7) is 3.18. The maximum atomic E-state index is 11.2. The fraction of sp³-hybridized carbons (Fsp3) is 0.231. The van der Waals surface area contributed by atoms with Crippen LogP contribution in [0, 0.1) is 0 Å². The first-order chi connectivity index (χ1) is 8.04. The highest BCUT2D eigenvalue weighted by molar-refractivity contribution is 5.92. The average Bonchev–Trinajstić information content (AvgIpc) is 2.31. The number of aliphatic carboxylic acids is 1. The second-order valence-corrected chi connectivity index (χ2v) is 3.50. The van der Waals surface area contributed by atoms with E-state index in [9.17, 15) is 9.59 Å². The summed E-state index contributed by atoms with van der Waals surface area (Å²) in [7, 11) is 0. The number of carbonyl (C=O) groups is 2. The third-order valence-corrected chi connectivity index (χ3v) is 2.14. The number of carboxylic acid groups (broad SMARTS) is 1. The first-order valence-corrected chi connectivity index (χ1v) is 5.26. The van der Waals surface area contributed by atoms with E-state index in [1.165, 1.54) is 13.0 Å². The van der Waals surface area contributed by atoms with Gasteiger partial charge in [-0.05, 0) is 19.1 Å². The number of hydrogen-bond acceptors (Lipinski definition) is 3. The lowest BCUT2D eigenvalue weighted by molar-refractivity contribution is -0.134. The summed E-state index contributed by atoms with van der Waals surface area (Å²) in [5.74, 6) is -0.972. The summed E-state index contributed by atoms with van der Waals surface area (Å²) in [5, 5.41) is 8.79. The normalized spacial score (nSPS) is 11.1. The molecule has 0 atom stereocenters. The van der Waals surface area contributed by atoms with Crippen LogP contribution in [-0.2, 0) is 9.59 Å². The molecular formula is C13H14O4. The molecule has 0 unspecified atom stereocenters. The van der Waals surface area contributed by atoms with Crippen LogP contribution in [0.1, 0.15) is 25.8 Å². The van der Waals surface area contributed by atoms with Gasteiger partial charge in [0, 0.05) is 17.6 Å². The van der Waals surface area contributed by atoms with E-state index in [2.05, 4.69) is 0 Å². The molecule has 4 nitrogen and oxygen atoms in total. The quantitative estimate of drug-likeness (QED) is 0.494. The maximum absolute atomic E-state index is 11.2. The number of hydrogen-bond donors (Lipinski definition) is 1. The number of ether oxygens (including phenoxy) is 1. The summed E-state index contributed by atoms with van der Waals surface area (Å²) < 4.78 is 5.10. The number of carboxylic acids is 1. The Labute approximate surface area is 99.5 Å². The second kappa shape index (κ2) is 5.84. The van der Waals surface area contributed by atoms with Crippen LogP contribution in [0.4, 0.5) is 0 Å². The highest BCUT2D eigenvalue weighted by Gasteiger charge is 2.07. The van der Waals surface area contributed by atoms with Crippen molar-refractivity contribution in [1.82, 2.24) is 0 Å². The van der Waals surface area contributed by atoms with Crippen molar-refractivity contribution in [2.75, 3.05) is 0 Å². The smallest absolute Gasteiger partial charge is 0.331 e. The van der Waals surface area contributed by atoms with Crippen molar-refractivity contribution in [3.63, 3.8) is 0 Å². The van der Waals surface area contributed by atoms with E-state index in [-0.39, 0.29) is 18.0 Å². The zero-order valence-corrected chi connectivity index (χ0v) is 9.77. The number of benzene rings is 1. The zero-order chi connectivity index (χ0) is 12.8. The number of esters is 1. The van der Waals surface area contributed by atoms with Gasteiger partial charge in [0.1, 0.15) is 5.75 Å². The molecule has 1 aromatic carbocycles.